The Morgan fingerprint density at radius 3 is 2.59 bits per heavy atom. The number of rotatable bonds is 3. The zero-order chi connectivity index (χ0) is 18.6. The molecule has 1 atom stereocenters. The lowest BCUT2D eigenvalue weighted by Gasteiger charge is -2.42. The Bertz CT molecular complexity index is 701. The van der Waals surface area contributed by atoms with Gasteiger partial charge in [-0.05, 0) is 57.2 Å². The molecule has 27 heavy (non-hydrogen) atoms. The number of aromatic nitrogens is 1. The fourth-order valence-electron chi connectivity index (χ4n) is 4.91. The number of carbonyl (C=O) groups excluding carboxylic acids is 1. The Hall–Kier alpha value is -2.13. The molecule has 144 valence electrons. The Labute approximate surface area is 161 Å². The molecule has 0 aromatic carbocycles. The first-order valence-corrected chi connectivity index (χ1v) is 10.4. The highest BCUT2D eigenvalue weighted by Crippen LogP contribution is 2.28. The monoisotopic (exact) mass is 367 g/mol. The first kappa shape index (κ1) is 18.2. The van der Waals surface area contributed by atoms with Gasteiger partial charge in [-0.2, -0.15) is 5.26 Å². The number of anilines is 1. The van der Waals surface area contributed by atoms with Crippen molar-refractivity contribution >= 4 is 11.7 Å². The Balaban J connectivity index is 1.34. The van der Waals surface area contributed by atoms with Gasteiger partial charge < -0.3 is 9.80 Å². The average molecular weight is 367 g/mol. The molecule has 6 heteroatoms. The molecule has 4 heterocycles. The Kier molecular flexibility index (Phi) is 5.58. The van der Waals surface area contributed by atoms with Gasteiger partial charge in [-0.15, -0.1) is 0 Å². The summed E-state index contributed by atoms with van der Waals surface area (Å²) in [5, 5.41) is 9.32. The number of piperidine rings is 2. The number of hydrogen-bond acceptors (Lipinski definition) is 5. The van der Waals surface area contributed by atoms with Crippen LogP contribution in [0.3, 0.4) is 0 Å². The Morgan fingerprint density at radius 1 is 1.07 bits per heavy atom. The number of amides is 1. The molecule has 0 aliphatic carbocycles. The van der Waals surface area contributed by atoms with Crippen molar-refractivity contribution in [3.8, 4) is 6.07 Å². The summed E-state index contributed by atoms with van der Waals surface area (Å²) in [6.45, 7) is 5.81. The lowest BCUT2D eigenvalue weighted by atomic mass is 9.93. The van der Waals surface area contributed by atoms with Gasteiger partial charge in [0.2, 0.25) is 5.91 Å². The summed E-state index contributed by atoms with van der Waals surface area (Å²) in [6.07, 6.45) is 8.42. The van der Waals surface area contributed by atoms with Gasteiger partial charge in [0.25, 0.3) is 0 Å². The summed E-state index contributed by atoms with van der Waals surface area (Å²) in [5.41, 5.74) is 0.658. The lowest BCUT2D eigenvalue weighted by Crippen LogP contribution is -2.51. The van der Waals surface area contributed by atoms with E-state index in [-0.39, 0.29) is 5.92 Å². The average Bonchev–Trinajstić information content (AvgIpc) is 3.28. The Morgan fingerprint density at radius 2 is 1.85 bits per heavy atom. The zero-order valence-electron chi connectivity index (χ0n) is 16.0. The molecule has 0 N–H and O–H groups in total. The fourth-order valence-corrected chi connectivity index (χ4v) is 4.91. The molecule has 6 nitrogen and oxygen atoms in total. The third-order valence-corrected chi connectivity index (χ3v) is 6.41. The maximum Gasteiger partial charge on any atom is 0.226 e. The molecule has 1 aromatic rings. The van der Waals surface area contributed by atoms with Crippen LogP contribution in [0.1, 0.15) is 44.1 Å². The molecule has 0 bridgehead atoms. The molecule has 0 radical (unpaired) electrons. The quantitative estimate of drug-likeness (QED) is 0.820. The summed E-state index contributed by atoms with van der Waals surface area (Å²) >= 11 is 0. The van der Waals surface area contributed by atoms with Crippen LogP contribution >= 0.6 is 0 Å². The van der Waals surface area contributed by atoms with Crippen LogP contribution in [0.4, 0.5) is 5.82 Å². The van der Waals surface area contributed by atoms with Gasteiger partial charge in [0.15, 0.2) is 0 Å². The minimum absolute atomic E-state index is 0.191. The van der Waals surface area contributed by atoms with Crippen LogP contribution in [0.15, 0.2) is 18.3 Å². The SMILES string of the molecule is N#Cc1cccnc1N1CCC(N2CCC[C@@H](C(=O)N3CCCC3)C2)CC1. The van der Waals surface area contributed by atoms with E-state index in [4.69, 9.17) is 0 Å². The second-order valence-corrected chi connectivity index (χ2v) is 8.07. The van der Waals surface area contributed by atoms with Crippen molar-refractivity contribution in [1.29, 1.82) is 5.26 Å². The van der Waals surface area contributed by atoms with E-state index in [1.807, 2.05) is 12.1 Å². The molecule has 0 saturated carbocycles. The molecular weight excluding hydrogens is 338 g/mol. The highest BCUT2D eigenvalue weighted by atomic mass is 16.2. The summed E-state index contributed by atoms with van der Waals surface area (Å²) < 4.78 is 0. The smallest absolute Gasteiger partial charge is 0.226 e. The summed E-state index contributed by atoms with van der Waals surface area (Å²) in [5.74, 6) is 1.40. The van der Waals surface area contributed by atoms with E-state index >= 15 is 0 Å². The molecule has 1 aromatic heterocycles. The van der Waals surface area contributed by atoms with Crippen LogP contribution in [0.5, 0.6) is 0 Å². The summed E-state index contributed by atoms with van der Waals surface area (Å²) in [4.78, 5) is 24.1. The normalized spacial score (nSPS) is 24.8. The van der Waals surface area contributed by atoms with E-state index in [1.165, 1.54) is 12.8 Å². The van der Waals surface area contributed by atoms with Crippen molar-refractivity contribution in [2.45, 2.75) is 44.6 Å². The van der Waals surface area contributed by atoms with E-state index in [0.29, 0.717) is 17.5 Å². The van der Waals surface area contributed by atoms with Crippen LogP contribution in [0, 0.1) is 17.2 Å². The maximum atomic E-state index is 12.8. The van der Waals surface area contributed by atoms with E-state index in [9.17, 15) is 10.1 Å². The van der Waals surface area contributed by atoms with Gasteiger partial charge >= 0.3 is 0 Å². The number of carbonyl (C=O) groups is 1. The molecule has 3 fully saturated rings. The topological polar surface area (TPSA) is 63.5 Å². The molecule has 4 rings (SSSR count). The van der Waals surface area contributed by atoms with Crippen LogP contribution in [-0.2, 0) is 4.79 Å². The van der Waals surface area contributed by atoms with Gasteiger partial charge in [0, 0.05) is 45.0 Å². The molecule has 0 spiro atoms. The van der Waals surface area contributed by atoms with Crippen molar-refractivity contribution in [3.63, 3.8) is 0 Å². The van der Waals surface area contributed by atoms with Crippen molar-refractivity contribution in [2.24, 2.45) is 5.92 Å². The highest BCUT2D eigenvalue weighted by molar-refractivity contribution is 5.79. The number of nitrogens with zero attached hydrogens (tertiary/aromatic N) is 5. The predicted molar refractivity (Wildman–Crippen MR) is 104 cm³/mol. The van der Waals surface area contributed by atoms with Gasteiger partial charge in [-0.1, -0.05) is 0 Å². The maximum absolute atomic E-state index is 12.8. The van der Waals surface area contributed by atoms with E-state index in [2.05, 4.69) is 25.8 Å². The van der Waals surface area contributed by atoms with Crippen LogP contribution in [0.25, 0.3) is 0 Å². The molecule has 3 saturated heterocycles. The molecular formula is C21H29N5O. The van der Waals surface area contributed by atoms with Crippen LogP contribution in [-0.4, -0.2) is 66.0 Å². The fraction of sp³-hybridized carbons (Fsp3) is 0.667. The van der Waals surface area contributed by atoms with Gasteiger partial charge in [-0.25, -0.2) is 4.98 Å². The van der Waals surface area contributed by atoms with Gasteiger partial charge in [-0.3, -0.25) is 9.69 Å². The van der Waals surface area contributed by atoms with E-state index in [0.717, 1.165) is 70.8 Å². The lowest BCUT2D eigenvalue weighted by molar-refractivity contribution is -0.136. The van der Waals surface area contributed by atoms with Gasteiger partial charge in [0.05, 0.1) is 11.5 Å². The number of nitriles is 1. The molecule has 3 aliphatic heterocycles. The van der Waals surface area contributed by atoms with E-state index < -0.39 is 0 Å². The van der Waals surface area contributed by atoms with Crippen LogP contribution < -0.4 is 4.90 Å². The minimum atomic E-state index is 0.191. The van der Waals surface area contributed by atoms with Crippen molar-refractivity contribution in [3.05, 3.63) is 23.9 Å². The largest absolute Gasteiger partial charge is 0.355 e. The second kappa shape index (κ2) is 8.26. The number of likely N-dealkylation sites (tertiary alicyclic amines) is 2. The van der Waals surface area contributed by atoms with E-state index in [1.54, 1.807) is 6.20 Å². The minimum Gasteiger partial charge on any atom is -0.355 e. The standard InChI is InChI=1S/C21H29N5O/c22-15-17-5-3-9-23-20(17)24-13-7-19(8-14-24)26-12-4-6-18(16-26)21(27)25-10-1-2-11-25/h3,5,9,18-19H,1-2,4,6-8,10-14,16H2/t18-/m1/s1. The summed E-state index contributed by atoms with van der Waals surface area (Å²) in [6, 6.07) is 6.46. The van der Waals surface area contributed by atoms with Crippen molar-refractivity contribution in [1.82, 2.24) is 14.8 Å². The third-order valence-electron chi connectivity index (χ3n) is 6.41. The second-order valence-electron chi connectivity index (χ2n) is 8.07. The van der Waals surface area contributed by atoms with Crippen molar-refractivity contribution in [2.75, 3.05) is 44.2 Å². The number of pyridine rings is 1. The number of hydrogen-bond donors (Lipinski definition) is 0. The first-order chi connectivity index (χ1) is 13.3. The predicted octanol–water partition coefficient (Wildman–Crippen LogP) is 2.26. The van der Waals surface area contributed by atoms with Gasteiger partial charge in [0.1, 0.15) is 11.9 Å². The molecule has 0 unspecified atom stereocenters. The zero-order valence-corrected chi connectivity index (χ0v) is 16.0. The highest BCUT2D eigenvalue weighted by Gasteiger charge is 2.34. The van der Waals surface area contributed by atoms with Crippen LogP contribution in [0.2, 0.25) is 0 Å². The molecule has 3 aliphatic rings. The first-order valence-electron chi connectivity index (χ1n) is 10.4. The third kappa shape index (κ3) is 3.93. The molecule has 1 amide bonds. The summed E-state index contributed by atoms with van der Waals surface area (Å²) in [7, 11) is 0. The van der Waals surface area contributed by atoms with Crippen molar-refractivity contribution < 1.29 is 4.79 Å².